The molecule has 0 aliphatic carbocycles. The number of carbonyl (C=O) groups is 2. The van der Waals surface area contributed by atoms with Gasteiger partial charge >= 0.3 is 0 Å². The van der Waals surface area contributed by atoms with Gasteiger partial charge < -0.3 is 15.0 Å². The monoisotopic (exact) mass is 579 g/mol. The molecule has 220 valence electrons. The molecule has 9 heteroatoms. The Kier molecular flexibility index (Phi) is 10.2. The van der Waals surface area contributed by atoms with E-state index in [0.717, 1.165) is 21.0 Å². The van der Waals surface area contributed by atoms with E-state index >= 15 is 0 Å². The molecule has 3 aromatic rings. The number of amides is 2. The van der Waals surface area contributed by atoms with Crippen molar-refractivity contribution >= 4 is 27.5 Å². The van der Waals surface area contributed by atoms with Gasteiger partial charge in [-0.3, -0.25) is 13.9 Å². The fourth-order valence-electron chi connectivity index (χ4n) is 4.39. The van der Waals surface area contributed by atoms with Crippen molar-refractivity contribution in [3.05, 3.63) is 89.5 Å². The summed E-state index contributed by atoms with van der Waals surface area (Å²) >= 11 is 0. The van der Waals surface area contributed by atoms with Crippen LogP contribution in [-0.4, -0.2) is 50.4 Å². The lowest BCUT2D eigenvalue weighted by molar-refractivity contribution is -0.141. The standard InChI is InChI=1S/C32H41N3O5S/c1-8-29(31(37)33-32(4,5)6)34(21-25-16-12-23(2)13-17-25)30(36)22-35(26-10-9-11-27(20-26)40-7)41(38,39)28-18-14-24(3)15-19-28/h9-20,29H,8,21-22H2,1-7H3,(H,33,37)/t29-/m0/s1. The summed E-state index contributed by atoms with van der Waals surface area (Å²) in [4.78, 5) is 29.1. The first-order valence-electron chi connectivity index (χ1n) is 13.7. The number of methoxy groups -OCH3 is 1. The van der Waals surface area contributed by atoms with Crippen LogP contribution < -0.4 is 14.4 Å². The van der Waals surface area contributed by atoms with Crippen molar-refractivity contribution in [3.8, 4) is 5.75 Å². The molecular formula is C32H41N3O5S. The van der Waals surface area contributed by atoms with Crippen LogP contribution in [0.5, 0.6) is 5.75 Å². The molecule has 0 aromatic heterocycles. The topological polar surface area (TPSA) is 96.0 Å². The molecular weight excluding hydrogens is 538 g/mol. The Bertz CT molecular complexity index is 1450. The summed E-state index contributed by atoms with van der Waals surface area (Å²) in [5.41, 5.74) is 2.58. The van der Waals surface area contributed by atoms with Gasteiger partial charge in [-0.25, -0.2) is 8.42 Å². The van der Waals surface area contributed by atoms with E-state index in [4.69, 9.17) is 4.74 Å². The molecule has 1 atom stereocenters. The molecule has 0 radical (unpaired) electrons. The third-order valence-electron chi connectivity index (χ3n) is 6.59. The van der Waals surface area contributed by atoms with Crippen LogP contribution >= 0.6 is 0 Å². The van der Waals surface area contributed by atoms with Crippen molar-refractivity contribution in [1.82, 2.24) is 10.2 Å². The number of nitrogens with zero attached hydrogens (tertiary/aromatic N) is 2. The van der Waals surface area contributed by atoms with Crippen LogP contribution in [0, 0.1) is 13.8 Å². The summed E-state index contributed by atoms with van der Waals surface area (Å²) < 4.78 is 34.4. The summed E-state index contributed by atoms with van der Waals surface area (Å²) in [6.45, 7) is 11.0. The van der Waals surface area contributed by atoms with E-state index < -0.39 is 34.1 Å². The molecule has 0 aliphatic heterocycles. The third-order valence-corrected chi connectivity index (χ3v) is 8.37. The molecule has 0 spiro atoms. The zero-order chi connectivity index (χ0) is 30.4. The third kappa shape index (κ3) is 8.33. The van der Waals surface area contributed by atoms with Crippen LogP contribution in [0.1, 0.15) is 50.8 Å². The second-order valence-electron chi connectivity index (χ2n) is 11.2. The van der Waals surface area contributed by atoms with Crippen LogP contribution in [0.25, 0.3) is 0 Å². The fourth-order valence-corrected chi connectivity index (χ4v) is 5.80. The van der Waals surface area contributed by atoms with E-state index in [2.05, 4.69) is 5.32 Å². The summed E-state index contributed by atoms with van der Waals surface area (Å²) in [6, 6.07) is 20.0. The quantitative estimate of drug-likeness (QED) is 0.336. The van der Waals surface area contributed by atoms with Crippen LogP contribution in [0.4, 0.5) is 5.69 Å². The fraction of sp³-hybridized carbons (Fsp3) is 0.375. The molecule has 3 rings (SSSR count). The van der Waals surface area contributed by atoms with Crippen LogP contribution in [-0.2, 0) is 26.2 Å². The molecule has 3 aromatic carbocycles. The zero-order valence-corrected chi connectivity index (χ0v) is 25.8. The smallest absolute Gasteiger partial charge is 0.264 e. The van der Waals surface area contributed by atoms with Gasteiger partial charge in [0.2, 0.25) is 11.8 Å². The Morgan fingerprint density at radius 1 is 0.927 bits per heavy atom. The van der Waals surface area contributed by atoms with Gasteiger partial charge in [0.25, 0.3) is 10.0 Å². The lowest BCUT2D eigenvalue weighted by Crippen LogP contribution is -2.55. The summed E-state index contributed by atoms with van der Waals surface area (Å²) in [6.07, 6.45) is 0.351. The minimum Gasteiger partial charge on any atom is -0.497 e. The predicted octanol–water partition coefficient (Wildman–Crippen LogP) is 5.23. The first-order chi connectivity index (χ1) is 19.2. The van der Waals surface area contributed by atoms with Crippen LogP contribution in [0.15, 0.2) is 77.7 Å². The molecule has 0 saturated carbocycles. The van der Waals surface area contributed by atoms with Crippen molar-refractivity contribution in [3.63, 3.8) is 0 Å². The Morgan fingerprint density at radius 3 is 2.05 bits per heavy atom. The Morgan fingerprint density at radius 2 is 1.51 bits per heavy atom. The number of rotatable bonds is 11. The Hall–Kier alpha value is -3.85. The van der Waals surface area contributed by atoms with Gasteiger partial charge in [-0.05, 0) is 70.9 Å². The summed E-state index contributed by atoms with van der Waals surface area (Å²) in [5.74, 6) is -0.346. The zero-order valence-electron chi connectivity index (χ0n) is 25.0. The highest BCUT2D eigenvalue weighted by molar-refractivity contribution is 7.92. The molecule has 0 heterocycles. The highest BCUT2D eigenvalue weighted by atomic mass is 32.2. The first-order valence-corrected chi connectivity index (χ1v) is 15.1. The maximum absolute atomic E-state index is 14.2. The number of sulfonamides is 1. The highest BCUT2D eigenvalue weighted by Crippen LogP contribution is 2.28. The number of aryl methyl sites for hydroxylation is 2. The van der Waals surface area contributed by atoms with E-state index in [9.17, 15) is 18.0 Å². The number of hydrogen-bond acceptors (Lipinski definition) is 5. The number of anilines is 1. The largest absolute Gasteiger partial charge is 0.497 e. The van der Waals surface area contributed by atoms with Gasteiger partial charge in [-0.2, -0.15) is 0 Å². The van der Waals surface area contributed by atoms with Gasteiger partial charge in [0, 0.05) is 18.2 Å². The van der Waals surface area contributed by atoms with Gasteiger partial charge in [-0.1, -0.05) is 60.5 Å². The Balaban J connectivity index is 2.09. The molecule has 0 unspecified atom stereocenters. The van der Waals surface area contributed by atoms with E-state index in [1.54, 1.807) is 36.4 Å². The minimum absolute atomic E-state index is 0.0568. The molecule has 0 saturated heterocycles. The van der Waals surface area contributed by atoms with Gasteiger partial charge in [0.1, 0.15) is 18.3 Å². The lowest BCUT2D eigenvalue weighted by atomic mass is 10.1. The first kappa shape index (κ1) is 31.7. The Labute approximate surface area is 244 Å². The van der Waals surface area contributed by atoms with Crippen molar-refractivity contribution in [2.45, 2.75) is 71.0 Å². The number of benzene rings is 3. The SMILES string of the molecule is CC[C@@H](C(=O)NC(C)(C)C)N(Cc1ccc(C)cc1)C(=O)CN(c1cccc(OC)c1)S(=O)(=O)c1ccc(C)cc1. The summed E-state index contributed by atoms with van der Waals surface area (Å²) in [5, 5.41) is 2.98. The van der Waals surface area contributed by atoms with Crippen molar-refractivity contribution in [1.29, 1.82) is 0 Å². The normalized spacial score (nSPS) is 12.4. The molecule has 41 heavy (non-hydrogen) atoms. The van der Waals surface area contributed by atoms with E-state index in [1.165, 1.54) is 24.1 Å². The van der Waals surface area contributed by atoms with E-state index in [-0.39, 0.29) is 23.0 Å². The number of nitrogens with one attached hydrogen (secondary N) is 1. The van der Waals surface area contributed by atoms with Crippen LogP contribution in [0.2, 0.25) is 0 Å². The van der Waals surface area contributed by atoms with Crippen LogP contribution in [0.3, 0.4) is 0 Å². The number of carbonyl (C=O) groups excluding carboxylic acids is 2. The van der Waals surface area contributed by atoms with Crippen molar-refractivity contribution in [2.75, 3.05) is 18.0 Å². The van der Waals surface area contributed by atoms with Crippen molar-refractivity contribution < 1.29 is 22.7 Å². The average molecular weight is 580 g/mol. The number of ether oxygens (including phenoxy) is 1. The second-order valence-corrected chi connectivity index (χ2v) is 13.1. The molecule has 8 nitrogen and oxygen atoms in total. The van der Waals surface area contributed by atoms with E-state index in [0.29, 0.717) is 12.2 Å². The van der Waals surface area contributed by atoms with E-state index in [1.807, 2.05) is 65.8 Å². The minimum atomic E-state index is -4.15. The van der Waals surface area contributed by atoms with Gasteiger partial charge in [0.15, 0.2) is 0 Å². The summed E-state index contributed by atoms with van der Waals surface area (Å²) in [7, 11) is -2.66. The maximum Gasteiger partial charge on any atom is 0.264 e. The second kappa shape index (κ2) is 13.2. The highest BCUT2D eigenvalue weighted by Gasteiger charge is 2.34. The molecule has 1 N–H and O–H groups in total. The lowest BCUT2D eigenvalue weighted by Gasteiger charge is -2.34. The molecule has 0 fully saturated rings. The van der Waals surface area contributed by atoms with Crippen molar-refractivity contribution in [2.24, 2.45) is 0 Å². The predicted molar refractivity (Wildman–Crippen MR) is 162 cm³/mol. The average Bonchev–Trinajstić information content (AvgIpc) is 2.91. The van der Waals surface area contributed by atoms with Gasteiger partial charge in [0.05, 0.1) is 17.7 Å². The molecule has 2 amide bonds. The maximum atomic E-state index is 14.2. The molecule has 0 bridgehead atoms. The van der Waals surface area contributed by atoms with Gasteiger partial charge in [-0.15, -0.1) is 0 Å². The molecule has 0 aliphatic rings. The number of hydrogen-bond donors (Lipinski definition) is 1.